The van der Waals surface area contributed by atoms with Crippen molar-refractivity contribution in [2.24, 2.45) is 0 Å². The maximum absolute atomic E-state index is 11.7. The van der Waals surface area contributed by atoms with Gasteiger partial charge in [0.1, 0.15) is 0 Å². The molecule has 2 amide bonds. The van der Waals surface area contributed by atoms with Gasteiger partial charge < -0.3 is 15.5 Å². The number of carbonyl (C=O) groups is 1. The van der Waals surface area contributed by atoms with E-state index in [0.717, 1.165) is 25.2 Å². The summed E-state index contributed by atoms with van der Waals surface area (Å²) in [6, 6.07) is 7.70. The van der Waals surface area contributed by atoms with Crippen molar-refractivity contribution in [2.45, 2.75) is 32.6 Å². The molecule has 110 valence electrons. The Morgan fingerprint density at radius 3 is 2.55 bits per heavy atom. The average molecular weight is 275 g/mol. The molecule has 0 radical (unpaired) electrons. The van der Waals surface area contributed by atoms with Crippen LogP contribution >= 0.6 is 0 Å². The number of rotatable bonds is 5. The zero-order valence-corrected chi connectivity index (χ0v) is 12.3. The van der Waals surface area contributed by atoms with E-state index in [0.29, 0.717) is 0 Å². The smallest absolute Gasteiger partial charge is 0.319 e. The van der Waals surface area contributed by atoms with Crippen molar-refractivity contribution in [2.75, 3.05) is 31.5 Å². The van der Waals surface area contributed by atoms with Crippen molar-refractivity contribution in [1.82, 2.24) is 10.2 Å². The zero-order valence-electron chi connectivity index (χ0n) is 12.3. The number of anilines is 1. The number of hydrogen-bond donors (Lipinski definition) is 2. The molecule has 0 aliphatic carbocycles. The molecule has 2 N–H and O–H groups in total. The Labute approximate surface area is 121 Å². The van der Waals surface area contributed by atoms with Crippen LogP contribution in [0.25, 0.3) is 0 Å². The predicted molar refractivity (Wildman–Crippen MR) is 83.1 cm³/mol. The molecule has 0 spiro atoms. The van der Waals surface area contributed by atoms with Gasteiger partial charge in [0, 0.05) is 12.2 Å². The number of hydrogen-bond acceptors (Lipinski definition) is 2. The number of carbonyl (C=O) groups excluding carboxylic acids is 1. The Bertz CT molecular complexity index is 410. The topological polar surface area (TPSA) is 44.4 Å². The van der Waals surface area contributed by atoms with E-state index in [1.165, 1.54) is 37.9 Å². The van der Waals surface area contributed by atoms with Gasteiger partial charge in [-0.3, -0.25) is 0 Å². The van der Waals surface area contributed by atoms with E-state index < -0.39 is 0 Å². The molecule has 20 heavy (non-hydrogen) atoms. The number of urea groups is 1. The van der Waals surface area contributed by atoms with E-state index in [1.54, 1.807) is 0 Å². The van der Waals surface area contributed by atoms with Gasteiger partial charge in [-0.1, -0.05) is 24.1 Å². The average Bonchev–Trinajstić information content (AvgIpc) is 2.47. The first-order chi connectivity index (χ1) is 9.74. The quantitative estimate of drug-likeness (QED) is 0.811. The normalized spacial score (nSPS) is 15.8. The van der Waals surface area contributed by atoms with Crippen LogP contribution in [0, 0.1) is 6.92 Å². The van der Waals surface area contributed by atoms with Gasteiger partial charge in [0.05, 0.1) is 0 Å². The second-order valence-corrected chi connectivity index (χ2v) is 5.50. The van der Waals surface area contributed by atoms with Crippen molar-refractivity contribution in [1.29, 1.82) is 0 Å². The van der Waals surface area contributed by atoms with E-state index in [9.17, 15) is 4.79 Å². The molecule has 4 heteroatoms. The van der Waals surface area contributed by atoms with Gasteiger partial charge in [-0.25, -0.2) is 4.79 Å². The molecule has 0 unspecified atom stereocenters. The molecule has 2 rings (SSSR count). The van der Waals surface area contributed by atoms with E-state index in [1.807, 2.05) is 31.2 Å². The third kappa shape index (κ3) is 5.21. The van der Waals surface area contributed by atoms with Crippen LogP contribution in [0.15, 0.2) is 24.3 Å². The number of likely N-dealkylation sites (tertiary alicyclic amines) is 1. The summed E-state index contributed by atoms with van der Waals surface area (Å²) in [5.41, 5.74) is 2.03. The SMILES string of the molecule is Cc1ccc(NC(=O)NCCCN2CCCCC2)cc1. The van der Waals surface area contributed by atoms with Crippen molar-refractivity contribution in [3.05, 3.63) is 29.8 Å². The predicted octanol–water partition coefficient (Wildman–Crippen LogP) is 2.99. The second kappa shape index (κ2) is 7.90. The van der Waals surface area contributed by atoms with Crippen LogP contribution < -0.4 is 10.6 Å². The highest BCUT2D eigenvalue weighted by molar-refractivity contribution is 5.89. The van der Waals surface area contributed by atoms with Crippen molar-refractivity contribution in [3.63, 3.8) is 0 Å². The van der Waals surface area contributed by atoms with E-state index in [4.69, 9.17) is 0 Å². The highest BCUT2D eigenvalue weighted by Gasteiger charge is 2.09. The highest BCUT2D eigenvalue weighted by Crippen LogP contribution is 2.09. The first kappa shape index (κ1) is 14.9. The van der Waals surface area contributed by atoms with Gasteiger partial charge in [0.2, 0.25) is 0 Å². The molecular formula is C16H25N3O. The summed E-state index contributed by atoms with van der Waals surface area (Å²) in [5.74, 6) is 0. The monoisotopic (exact) mass is 275 g/mol. The van der Waals surface area contributed by atoms with Crippen LogP contribution in [-0.2, 0) is 0 Å². The van der Waals surface area contributed by atoms with Gasteiger partial charge in [-0.15, -0.1) is 0 Å². The molecule has 1 aromatic carbocycles. The lowest BCUT2D eigenvalue weighted by molar-refractivity contribution is 0.224. The summed E-state index contributed by atoms with van der Waals surface area (Å²) in [7, 11) is 0. The summed E-state index contributed by atoms with van der Waals surface area (Å²) in [6.45, 7) is 6.29. The molecular weight excluding hydrogens is 250 g/mol. The van der Waals surface area contributed by atoms with Crippen molar-refractivity contribution in [3.8, 4) is 0 Å². The lowest BCUT2D eigenvalue weighted by Gasteiger charge is -2.26. The third-order valence-electron chi connectivity index (χ3n) is 3.69. The number of nitrogens with zero attached hydrogens (tertiary/aromatic N) is 1. The Morgan fingerprint density at radius 2 is 1.85 bits per heavy atom. The number of piperidine rings is 1. The molecule has 0 aromatic heterocycles. The summed E-state index contributed by atoms with van der Waals surface area (Å²) < 4.78 is 0. The number of benzene rings is 1. The molecule has 0 saturated carbocycles. The largest absolute Gasteiger partial charge is 0.338 e. The van der Waals surface area contributed by atoms with E-state index >= 15 is 0 Å². The Balaban J connectivity index is 1.59. The highest BCUT2D eigenvalue weighted by atomic mass is 16.2. The van der Waals surface area contributed by atoms with Crippen LogP contribution in [0.1, 0.15) is 31.2 Å². The summed E-state index contributed by atoms with van der Waals surface area (Å²) in [6.07, 6.45) is 5.03. The van der Waals surface area contributed by atoms with Gasteiger partial charge in [-0.2, -0.15) is 0 Å². The lowest BCUT2D eigenvalue weighted by atomic mass is 10.1. The lowest BCUT2D eigenvalue weighted by Crippen LogP contribution is -2.34. The number of aryl methyl sites for hydroxylation is 1. The fourth-order valence-corrected chi connectivity index (χ4v) is 2.50. The number of amides is 2. The van der Waals surface area contributed by atoms with Crippen LogP contribution in [0.5, 0.6) is 0 Å². The van der Waals surface area contributed by atoms with Crippen molar-refractivity contribution >= 4 is 11.7 Å². The maximum Gasteiger partial charge on any atom is 0.319 e. The summed E-state index contributed by atoms with van der Waals surface area (Å²) >= 11 is 0. The molecule has 1 aromatic rings. The Kier molecular flexibility index (Phi) is 5.87. The first-order valence-corrected chi connectivity index (χ1v) is 7.58. The maximum atomic E-state index is 11.7. The van der Waals surface area contributed by atoms with Gasteiger partial charge in [0.25, 0.3) is 0 Å². The molecule has 1 aliphatic heterocycles. The molecule has 1 heterocycles. The van der Waals surface area contributed by atoms with E-state index in [-0.39, 0.29) is 6.03 Å². The van der Waals surface area contributed by atoms with Gasteiger partial charge in [-0.05, 0) is 58.0 Å². The zero-order chi connectivity index (χ0) is 14.2. The minimum absolute atomic E-state index is 0.118. The molecule has 1 saturated heterocycles. The van der Waals surface area contributed by atoms with E-state index in [2.05, 4.69) is 15.5 Å². The molecule has 1 fully saturated rings. The Morgan fingerprint density at radius 1 is 1.15 bits per heavy atom. The van der Waals surface area contributed by atoms with Crippen LogP contribution in [0.4, 0.5) is 10.5 Å². The van der Waals surface area contributed by atoms with Crippen LogP contribution in [0.3, 0.4) is 0 Å². The van der Waals surface area contributed by atoms with Gasteiger partial charge >= 0.3 is 6.03 Å². The molecule has 1 aliphatic rings. The first-order valence-electron chi connectivity index (χ1n) is 7.58. The second-order valence-electron chi connectivity index (χ2n) is 5.50. The standard InChI is InChI=1S/C16H25N3O/c1-14-6-8-15(9-7-14)18-16(20)17-10-5-13-19-11-3-2-4-12-19/h6-9H,2-5,10-13H2,1H3,(H2,17,18,20). The van der Waals surface area contributed by atoms with Gasteiger partial charge in [0.15, 0.2) is 0 Å². The Hall–Kier alpha value is -1.55. The minimum atomic E-state index is -0.118. The fourth-order valence-electron chi connectivity index (χ4n) is 2.50. The van der Waals surface area contributed by atoms with Crippen LogP contribution in [-0.4, -0.2) is 37.1 Å². The number of nitrogens with one attached hydrogen (secondary N) is 2. The molecule has 0 atom stereocenters. The summed E-state index contributed by atoms with van der Waals surface area (Å²) in [4.78, 5) is 14.2. The molecule has 0 bridgehead atoms. The molecule has 4 nitrogen and oxygen atoms in total. The third-order valence-corrected chi connectivity index (χ3v) is 3.69. The minimum Gasteiger partial charge on any atom is -0.338 e. The van der Waals surface area contributed by atoms with Crippen LogP contribution in [0.2, 0.25) is 0 Å². The van der Waals surface area contributed by atoms with Crippen molar-refractivity contribution < 1.29 is 4.79 Å². The summed E-state index contributed by atoms with van der Waals surface area (Å²) in [5, 5.41) is 5.75. The fraction of sp³-hybridized carbons (Fsp3) is 0.562.